The predicted octanol–water partition coefficient (Wildman–Crippen LogP) is 2.36. The fraction of sp³-hybridized carbons (Fsp3) is 0.714. The Kier molecular flexibility index (Phi) is 4.61. The molecule has 0 aromatic rings. The van der Waals surface area contributed by atoms with Crippen molar-refractivity contribution in [1.29, 1.82) is 0 Å². The Morgan fingerprint density at radius 2 is 1.95 bits per heavy atom. The molecule has 1 amide bonds. The van der Waals surface area contributed by atoms with E-state index < -0.39 is 23.7 Å². The van der Waals surface area contributed by atoms with Crippen molar-refractivity contribution in [3.05, 3.63) is 12.7 Å². The molecule has 0 bridgehead atoms. The zero-order chi connectivity index (χ0) is 14.8. The van der Waals surface area contributed by atoms with E-state index in [2.05, 4.69) is 6.58 Å². The van der Waals surface area contributed by atoms with Gasteiger partial charge in [0.25, 0.3) is 0 Å². The van der Waals surface area contributed by atoms with Crippen molar-refractivity contribution >= 4 is 12.1 Å². The molecule has 19 heavy (non-hydrogen) atoms. The summed E-state index contributed by atoms with van der Waals surface area (Å²) in [5, 5.41) is 0. The Labute approximate surface area is 114 Å². The van der Waals surface area contributed by atoms with Gasteiger partial charge in [0, 0.05) is 0 Å². The van der Waals surface area contributed by atoms with E-state index in [4.69, 9.17) is 9.47 Å². The summed E-state index contributed by atoms with van der Waals surface area (Å²) >= 11 is 0. The number of ether oxygens (including phenoxy) is 2. The van der Waals surface area contributed by atoms with Crippen LogP contribution in [-0.2, 0) is 14.3 Å². The summed E-state index contributed by atoms with van der Waals surface area (Å²) in [6.45, 7) is 11.1. The van der Waals surface area contributed by atoms with Gasteiger partial charge in [0.05, 0.1) is 13.2 Å². The van der Waals surface area contributed by atoms with Gasteiger partial charge in [-0.3, -0.25) is 4.90 Å². The predicted molar refractivity (Wildman–Crippen MR) is 71.6 cm³/mol. The minimum absolute atomic E-state index is 0.147. The van der Waals surface area contributed by atoms with Gasteiger partial charge in [-0.15, -0.1) is 6.58 Å². The lowest BCUT2D eigenvalue weighted by Crippen LogP contribution is -2.47. The number of nitrogens with zero attached hydrogens (tertiary/aromatic N) is 1. The first-order valence-corrected chi connectivity index (χ1v) is 6.43. The SMILES string of the molecule is C=CC1C(C)CC(C(=O)OC)N1C(=O)OC(C)(C)C. The van der Waals surface area contributed by atoms with Crippen molar-refractivity contribution < 1.29 is 19.1 Å². The maximum absolute atomic E-state index is 12.3. The van der Waals surface area contributed by atoms with Crippen LogP contribution in [0, 0.1) is 5.92 Å². The summed E-state index contributed by atoms with van der Waals surface area (Å²) in [6.07, 6.45) is 1.73. The number of esters is 1. The molecular weight excluding hydrogens is 246 g/mol. The molecule has 3 unspecified atom stereocenters. The Morgan fingerprint density at radius 3 is 2.37 bits per heavy atom. The van der Waals surface area contributed by atoms with Gasteiger partial charge in [0.1, 0.15) is 11.6 Å². The van der Waals surface area contributed by atoms with Crippen LogP contribution in [0.3, 0.4) is 0 Å². The van der Waals surface area contributed by atoms with Crippen LogP contribution < -0.4 is 0 Å². The van der Waals surface area contributed by atoms with Crippen molar-refractivity contribution in [2.75, 3.05) is 7.11 Å². The quantitative estimate of drug-likeness (QED) is 0.570. The molecule has 1 aliphatic rings. The lowest BCUT2D eigenvalue weighted by molar-refractivity contribution is -0.146. The summed E-state index contributed by atoms with van der Waals surface area (Å²) < 4.78 is 10.1. The zero-order valence-corrected chi connectivity index (χ0v) is 12.3. The molecule has 0 saturated carbocycles. The molecule has 0 spiro atoms. The molecule has 1 saturated heterocycles. The summed E-state index contributed by atoms with van der Waals surface area (Å²) in [5.41, 5.74) is -0.602. The summed E-state index contributed by atoms with van der Waals surface area (Å²) in [4.78, 5) is 25.5. The molecule has 3 atom stereocenters. The first-order chi connectivity index (χ1) is 8.71. The van der Waals surface area contributed by atoms with Crippen LogP contribution >= 0.6 is 0 Å². The van der Waals surface area contributed by atoms with Gasteiger partial charge in [0.2, 0.25) is 0 Å². The Hall–Kier alpha value is -1.52. The number of hydrogen-bond acceptors (Lipinski definition) is 4. The Balaban J connectivity index is 2.98. The van der Waals surface area contributed by atoms with Gasteiger partial charge in [-0.05, 0) is 33.1 Å². The average molecular weight is 269 g/mol. The van der Waals surface area contributed by atoms with Crippen molar-refractivity contribution in [2.45, 2.75) is 51.8 Å². The van der Waals surface area contributed by atoms with Gasteiger partial charge in [0.15, 0.2) is 0 Å². The third-order valence-electron chi connectivity index (χ3n) is 3.15. The maximum Gasteiger partial charge on any atom is 0.411 e. The molecule has 0 N–H and O–H groups in total. The van der Waals surface area contributed by atoms with Crippen molar-refractivity contribution in [2.24, 2.45) is 5.92 Å². The molecule has 1 fully saturated rings. The highest BCUT2D eigenvalue weighted by Gasteiger charge is 2.46. The van der Waals surface area contributed by atoms with E-state index in [1.807, 2.05) is 6.92 Å². The number of rotatable bonds is 2. The van der Waals surface area contributed by atoms with E-state index >= 15 is 0 Å². The number of amides is 1. The maximum atomic E-state index is 12.3. The molecule has 0 radical (unpaired) electrons. The largest absolute Gasteiger partial charge is 0.467 e. The van der Waals surface area contributed by atoms with Gasteiger partial charge in [-0.2, -0.15) is 0 Å². The summed E-state index contributed by atoms with van der Waals surface area (Å²) in [6, 6.07) is -0.809. The molecule has 5 heteroatoms. The van der Waals surface area contributed by atoms with Crippen LogP contribution in [0.4, 0.5) is 4.79 Å². The second-order valence-electron chi connectivity index (χ2n) is 5.87. The molecule has 108 valence electrons. The van der Waals surface area contributed by atoms with Crippen molar-refractivity contribution in [3.8, 4) is 0 Å². The number of carbonyl (C=O) groups excluding carboxylic acids is 2. The standard InChI is InChI=1S/C14H23NO4/c1-7-10-9(2)8-11(12(16)18-6)15(10)13(17)19-14(3,4)5/h7,9-11H,1,8H2,2-6H3. The van der Waals surface area contributed by atoms with E-state index in [9.17, 15) is 9.59 Å². The van der Waals surface area contributed by atoms with E-state index in [-0.39, 0.29) is 12.0 Å². The Morgan fingerprint density at radius 1 is 1.37 bits per heavy atom. The lowest BCUT2D eigenvalue weighted by atomic mass is 10.0. The zero-order valence-electron chi connectivity index (χ0n) is 12.3. The molecule has 1 heterocycles. The fourth-order valence-corrected chi connectivity index (χ4v) is 2.34. The number of likely N-dealkylation sites (tertiary alicyclic amines) is 1. The van der Waals surface area contributed by atoms with Gasteiger partial charge in [-0.1, -0.05) is 13.0 Å². The molecule has 1 aliphatic heterocycles. The van der Waals surface area contributed by atoms with Gasteiger partial charge >= 0.3 is 12.1 Å². The third kappa shape index (κ3) is 3.49. The molecule has 5 nitrogen and oxygen atoms in total. The van der Waals surface area contributed by atoms with Crippen LogP contribution in [0.25, 0.3) is 0 Å². The smallest absolute Gasteiger partial charge is 0.411 e. The highest BCUT2D eigenvalue weighted by Crippen LogP contribution is 2.32. The van der Waals surface area contributed by atoms with Gasteiger partial charge in [-0.25, -0.2) is 9.59 Å². The minimum Gasteiger partial charge on any atom is -0.467 e. The topological polar surface area (TPSA) is 55.8 Å². The lowest BCUT2D eigenvalue weighted by Gasteiger charge is -2.30. The van der Waals surface area contributed by atoms with E-state index in [1.54, 1.807) is 26.8 Å². The normalized spacial score (nSPS) is 27.0. The van der Waals surface area contributed by atoms with E-state index in [0.717, 1.165) is 0 Å². The number of methoxy groups -OCH3 is 1. The molecule has 0 aromatic carbocycles. The van der Waals surface area contributed by atoms with Crippen LogP contribution in [0.5, 0.6) is 0 Å². The summed E-state index contributed by atoms with van der Waals surface area (Å²) in [7, 11) is 1.32. The second kappa shape index (κ2) is 5.63. The Bertz CT molecular complexity index is 372. The highest BCUT2D eigenvalue weighted by atomic mass is 16.6. The van der Waals surface area contributed by atoms with Crippen LogP contribution in [0.15, 0.2) is 12.7 Å². The monoisotopic (exact) mass is 269 g/mol. The summed E-state index contributed by atoms with van der Waals surface area (Å²) in [5.74, 6) is -0.267. The van der Waals surface area contributed by atoms with E-state index in [0.29, 0.717) is 6.42 Å². The average Bonchev–Trinajstić information content (AvgIpc) is 2.62. The van der Waals surface area contributed by atoms with Gasteiger partial charge < -0.3 is 9.47 Å². The number of hydrogen-bond donors (Lipinski definition) is 0. The number of carbonyl (C=O) groups is 2. The molecule has 1 rings (SSSR count). The van der Waals surface area contributed by atoms with Crippen LogP contribution in [0.1, 0.15) is 34.1 Å². The van der Waals surface area contributed by atoms with E-state index in [1.165, 1.54) is 12.0 Å². The molecule has 0 aromatic heterocycles. The fourth-order valence-electron chi connectivity index (χ4n) is 2.34. The first-order valence-electron chi connectivity index (χ1n) is 6.43. The second-order valence-corrected chi connectivity index (χ2v) is 5.87. The van der Waals surface area contributed by atoms with Crippen molar-refractivity contribution in [1.82, 2.24) is 4.90 Å². The molecular formula is C14H23NO4. The molecule has 0 aliphatic carbocycles. The van der Waals surface area contributed by atoms with Crippen molar-refractivity contribution in [3.63, 3.8) is 0 Å². The third-order valence-corrected chi connectivity index (χ3v) is 3.15. The van der Waals surface area contributed by atoms with Crippen LogP contribution in [-0.4, -0.2) is 41.8 Å². The first kappa shape index (κ1) is 15.5. The van der Waals surface area contributed by atoms with Crippen LogP contribution in [0.2, 0.25) is 0 Å². The minimum atomic E-state index is -0.602. The highest BCUT2D eigenvalue weighted by molar-refractivity contribution is 5.82.